The van der Waals surface area contributed by atoms with E-state index in [0.717, 1.165) is 25.8 Å². The van der Waals surface area contributed by atoms with Gasteiger partial charge in [0.1, 0.15) is 0 Å². The van der Waals surface area contributed by atoms with E-state index in [1.165, 1.54) is 12.8 Å². The first-order chi connectivity index (χ1) is 5.81. The molecule has 1 radical (unpaired) electrons. The maximum Gasteiger partial charge on any atom is 0.219 e. The third kappa shape index (κ3) is 7.58. The van der Waals surface area contributed by atoms with Crippen molar-refractivity contribution in [1.82, 2.24) is 5.32 Å². The van der Waals surface area contributed by atoms with Crippen molar-refractivity contribution in [2.45, 2.75) is 45.4 Å². The lowest BCUT2D eigenvalue weighted by Gasteiger charge is -2.01. The molecule has 0 spiro atoms. The summed E-state index contributed by atoms with van der Waals surface area (Å²) in [4.78, 5) is 11.0. The fraction of sp³-hybridized carbons (Fsp3) is 0.800. The highest BCUT2D eigenvalue weighted by Gasteiger charge is 1.97. The maximum atomic E-state index is 11.0. The standard InChI is InChI=1S/C10H20NO/c1-3-5-6-7-8-9-10(12)11-4-2/h1,3-9H2,2H3,(H,11,12). The van der Waals surface area contributed by atoms with Crippen LogP contribution in [0.1, 0.15) is 45.4 Å². The fourth-order valence-electron chi connectivity index (χ4n) is 1.10. The minimum Gasteiger partial charge on any atom is -0.356 e. The van der Waals surface area contributed by atoms with Gasteiger partial charge in [0.25, 0.3) is 0 Å². The van der Waals surface area contributed by atoms with E-state index in [0.29, 0.717) is 6.42 Å². The number of rotatable bonds is 7. The number of unbranched alkanes of at least 4 members (excludes halogenated alkanes) is 4. The molecule has 12 heavy (non-hydrogen) atoms. The van der Waals surface area contributed by atoms with Gasteiger partial charge in [-0.25, -0.2) is 0 Å². The Hall–Kier alpha value is -0.530. The molecule has 0 heterocycles. The first kappa shape index (κ1) is 11.5. The van der Waals surface area contributed by atoms with Crippen LogP contribution in [0.2, 0.25) is 0 Å². The Balaban J connectivity index is 3.03. The van der Waals surface area contributed by atoms with E-state index in [1.807, 2.05) is 6.92 Å². The van der Waals surface area contributed by atoms with Crippen molar-refractivity contribution in [3.63, 3.8) is 0 Å². The van der Waals surface area contributed by atoms with E-state index in [2.05, 4.69) is 12.2 Å². The van der Waals surface area contributed by atoms with Gasteiger partial charge in [-0.15, -0.1) is 0 Å². The van der Waals surface area contributed by atoms with Gasteiger partial charge in [-0.3, -0.25) is 4.79 Å². The Morgan fingerprint density at radius 2 is 1.92 bits per heavy atom. The van der Waals surface area contributed by atoms with Gasteiger partial charge < -0.3 is 5.32 Å². The third-order valence-corrected chi connectivity index (χ3v) is 1.78. The quantitative estimate of drug-likeness (QED) is 0.584. The van der Waals surface area contributed by atoms with Crippen LogP contribution in [0.3, 0.4) is 0 Å². The topological polar surface area (TPSA) is 29.1 Å². The highest BCUT2D eigenvalue weighted by molar-refractivity contribution is 5.75. The number of amides is 1. The van der Waals surface area contributed by atoms with Crippen LogP contribution in [0.4, 0.5) is 0 Å². The highest BCUT2D eigenvalue weighted by atomic mass is 16.1. The van der Waals surface area contributed by atoms with Gasteiger partial charge in [-0.05, 0) is 13.3 Å². The average Bonchev–Trinajstić information content (AvgIpc) is 2.05. The van der Waals surface area contributed by atoms with E-state index in [4.69, 9.17) is 0 Å². The minimum absolute atomic E-state index is 0.187. The summed E-state index contributed by atoms with van der Waals surface area (Å²) >= 11 is 0. The van der Waals surface area contributed by atoms with Crippen LogP contribution in [0.15, 0.2) is 0 Å². The van der Waals surface area contributed by atoms with Crippen LogP contribution in [0.25, 0.3) is 0 Å². The molecule has 1 amide bonds. The SMILES string of the molecule is [CH2]CCCCCCC(=O)NCC. The van der Waals surface area contributed by atoms with Crippen molar-refractivity contribution < 1.29 is 4.79 Å². The Bertz CT molecular complexity index is 112. The van der Waals surface area contributed by atoms with Crippen molar-refractivity contribution in [1.29, 1.82) is 0 Å². The molecule has 71 valence electrons. The van der Waals surface area contributed by atoms with Crippen LogP contribution in [0, 0.1) is 6.92 Å². The van der Waals surface area contributed by atoms with Crippen molar-refractivity contribution in [3.8, 4) is 0 Å². The minimum atomic E-state index is 0.187. The molecule has 0 aromatic rings. The lowest BCUT2D eigenvalue weighted by Crippen LogP contribution is -2.21. The summed E-state index contributed by atoms with van der Waals surface area (Å²) in [5.41, 5.74) is 0. The molecule has 2 heteroatoms. The molecule has 0 saturated carbocycles. The summed E-state index contributed by atoms with van der Waals surface area (Å²) in [5.74, 6) is 0.187. The van der Waals surface area contributed by atoms with Gasteiger partial charge in [-0.2, -0.15) is 0 Å². The monoisotopic (exact) mass is 170 g/mol. The van der Waals surface area contributed by atoms with Crippen LogP contribution in [-0.2, 0) is 4.79 Å². The molecule has 0 unspecified atom stereocenters. The summed E-state index contributed by atoms with van der Waals surface area (Å²) in [6.45, 7) is 6.46. The number of nitrogens with one attached hydrogen (secondary N) is 1. The largest absolute Gasteiger partial charge is 0.356 e. The summed E-state index contributed by atoms with van der Waals surface area (Å²) in [6, 6.07) is 0. The molecular formula is C10H20NO. The first-order valence-corrected chi connectivity index (χ1v) is 4.87. The van der Waals surface area contributed by atoms with Gasteiger partial charge in [0.15, 0.2) is 0 Å². The Morgan fingerprint density at radius 3 is 2.50 bits per heavy atom. The second-order valence-electron chi connectivity index (χ2n) is 2.97. The zero-order valence-corrected chi connectivity index (χ0v) is 8.07. The van der Waals surface area contributed by atoms with Gasteiger partial charge >= 0.3 is 0 Å². The third-order valence-electron chi connectivity index (χ3n) is 1.78. The summed E-state index contributed by atoms with van der Waals surface area (Å²) in [5, 5.41) is 2.79. The van der Waals surface area contributed by atoms with Crippen LogP contribution < -0.4 is 5.32 Å². The molecule has 0 atom stereocenters. The second kappa shape index (κ2) is 8.57. The van der Waals surface area contributed by atoms with E-state index in [1.54, 1.807) is 0 Å². The highest BCUT2D eigenvalue weighted by Crippen LogP contribution is 2.04. The van der Waals surface area contributed by atoms with E-state index in [9.17, 15) is 4.79 Å². The maximum absolute atomic E-state index is 11.0. The predicted octanol–water partition coefficient (Wildman–Crippen LogP) is 2.30. The first-order valence-electron chi connectivity index (χ1n) is 4.87. The lowest BCUT2D eigenvalue weighted by atomic mass is 10.1. The lowest BCUT2D eigenvalue weighted by molar-refractivity contribution is -0.121. The van der Waals surface area contributed by atoms with Gasteiger partial charge in [0.2, 0.25) is 5.91 Å². The van der Waals surface area contributed by atoms with Gasteiger partial charge in [0.05, 0.1) is 0 Å². The van der Waals surface area contributed by atoms with Gasteiger partial charge in [0, 0.05) is 13.0 Å². The predicted molar refractivity (Wildman–Crippen MR) is 51.7 cm³/mol. The fourth-order valence-corrected chi connectivity index (χ4v) is 1.10. The molecule has 0 bridgehead atoms. The van der Waals surface area contributed by atoms with Crippen LogP contribution in [-0.4, -0.2) is 12.5 Å². The van der Waals surface area contributed by atoms with Crippen LogP contribution in [0.5, 0.6) is 0 Å². The number of carbonyl (C=O) groups is 1. The molecule has 0 aliphatic heterocycles. The van der Waals surface area contributed by atoms with Crippen molar-refractivity contribution >= 4 is 5.91 Å². The number of hydrogen-bond donors (Lipinski definition) is 1. The molecule has 1 N–H and O–H groups in total. The second-order valence-corrected chi connectivity index (χ2v) is 2.97. The molecule has 2 nitrogen and oxygen atoms in total. The van der Waals surface area contributed by atoms with Crippen molar-refractivity contribution in [2.75, 3.05) is 6.54 Å². The zero-order valence-electron chi connectivity index (χ0n) is 8.07. The molecule has 0 aromatic heterocycles. The Kier molecular flexibility index (Phi) is 8.19. The smallest absolute Gasteiger partial charge is 0.219 e. The Morgan fingerprint density at radius 1 is 1.25 bits per heavy atom. The molecule has 0 aromatic carbocycles. The summed E-state index contributed by atoms with van der Waals surface area (Å²) < 4.78 is 0. The molecule has 0 aliphatic carbocycles. The normalized spacial score (nSPS) is 9.83. The number of hydrogen-bond acceptors (Lipinski definition) is 1. The van der Waals surface area contributed by atoms with E-state index < -0.39 is 0 Å². The summed E-state index contributed by atoms with van der Waals surface area (Å²) in [7, 11) is 0. The number of carbonyl (C=O) groups excluding carboxylic acids is 1. The summed E-state index contributed by atoms with van der Waals surface area (Å²) in [6.07, 6.45) is 6.28. The molecule has 0 aliphatic rings. The van der Waals surface area contributed by atoms with Crippen molar-refractivity contribution in [2.24, 2.45) is 0 Å². The Labute approximate surface area is 75.7 Å². The average molecular weight is 170 g/mol. The van der Waals surface area contributed by atoms with Crippen molar-refractivity contribution in [3.05, 3.63) is 6.92 Å². The molecule has 0 saturated heterocycles. The molecule has 0 rings (SSSR count). The van der Waals surface area contributed by atoms with Gasteiger partial charge in [-0.1, -0.05) is 32.6 Å². The van der Waals surface area contributed by atoms with Crippen LogP contribution >= 0.6 is 0 Å². The van der Waals surface area contributed by atoms with E-state index in [-0.39, 0.29) is 5.91 Å². The van der Waals surface area contributed by atoms with E-state index >= 15 is 0 Å². The molecular weight excluding hydrogens is 150 g/mol. The molecule has 0 fully saturated rings. The zero-order chi connectivity index (χ0) is 9.23.